The quantitative estimate of drug-likeness (QED) is 0.204. The first-order valence-corrected chi connectivity index (χ1v) is 13.9. The highest BCUT2D eigenvalue weighted by Crippen LogP contribution is 2.19. The lowest BCUT2D eigenvalue weighted by molar-refractivity contribution is 0.118. The summed E-state index contributed by atoms with van der Waals surface area (Å²) in [6.45, 7) is 9.42. The Morgan fingerprint density at radius 3 is 1.72 bits per heavy atom. The van der Waals surface area contributed by atoms with Crippen LogP contribution < -0.4 is 9.47 Å². The van der Waals surface area contributed by atoms with E-state index in [1.165, 1.54) is 12.8 Å². The number of rotatable bonds is 14. The molecule has 2 aromatic rings. The maximum Gasteiger partial charge on any atom is 0.119 e. The van der Waals surface area contributed by atoms with E-state index in [1.807, 2.05) is 60.7 Å². The fourth-order valence-electron chi connectivity index (χ4n) is 4.16. The summed E-state index contributed by atoms with van der Waals surface area (Å²) in [7, 11) is 0. The van der Waals surface area contributed by atoms with Crippen molar-refractivity contribution in [1.82, 2.24) is 4.90 Å². The van der Waals surface area contributed by atoms with Gasteiger partial charge in [0.05, 0.1) is 32.0 Å². The molecular formula is C33H44ClNO4. The van der Waals surface area contributed by atoms with Gasteiger partial charge < -0.3 is 18.9 Å². The fourth-order valence-corrected chi connectivity index (χ4v) is 4.16. The van der Waals surface area contributed by atoms with Crippen LogP contribution in [0.4, 0.5) is 0 Å². The van der Waals surface area contributed by atoms with Gasteiger partial charge in [-0.15, -0.1) is 18.3 Å². The topological polar surface area (TPSA) is 40.2 Å². The first-order valence-electron chi connectivity index (χ1n) is 13.9. The number of likely N-dealkylation sites (tertiary alicyclic amines) is 1. The molecule has 3 rings (SSSR count). The van der Waals surface area contributed by atoms with Crippen molar-refractivity contribution in [3.63, 3.8) is 0 Å². The molecule has 0 bridgehead atoms. The summed E-state index contributed by atoms with van der Waals surface area (Å²) in [5.41, 5.74) is 0. The predicted molar refractivity (Wildman–Crippen MR) is 161 cm³/mol. The monoisotopic (exact) mass is 553 g/mol. The Morgan fingerprint density at radius 1 is 0.718 bits per heavy atom. The van der Waals surface area contributed by atoms with E-state index in [2.05, 4.69) is 42.4 Å². The third-order valence-electron chi connectivity index (χ3n) is 6.50. The molecule has 0 saturated carbocycles. The predicted octanol–water partition coefficient (Wildman–Crippen LogP) is 6.27. The standard InChI is InChI=1S/C33H43NO4.ClH/c1-29(37-32-14-5-3-6-15-32)20-27-35-25-11-9-13-31-18-23-34(24-19-31)22-10-12-26-36-28-21-30(2)38-33-16-7-4-8-17-33;/h3-8,14-17,29-31H,13,18-28H2,1-2H3;1H. The molecule has 1 fully saturated rings. The molecule has 39 heavy (non-hydrogen) atoms. The Morgan fingerprint density at radius 2 is 1.21 bits per heavy atom. The molecule has 0 N–H and O–H groups in total. The molecular weight excluding hydrogens is 510 g/mol. The first-order chi connectivity index (χ1) is 18.7. The summed E-state index contributed by atoms with van der Waals surface area (Å²) in [4.78, 5) is 2.43. The van der Waals surface area contributed by atoms with Crippen molar-refractivity contribution in [3.05, 3.63) is 60.7 Å². The van der Waals surface area contributed by atoms with Crippen molar-refractivity contribution in [3.8, 4) is 35.2 Å². The number of benzene rings is 2. The van der Waals surface area contributed by atoms with E-state index in [4.69, 9.17) is 18.9 Å². The Bertz CT molecular complexity index is 920. The van der Waals surface area contributed by atoms with E-state index in [9.17, 15) is 0 Å². The summed E-state index contributed by atoms with van der Waals surface area (Å²) in [5, 5.41) is 0. The van der Waals surface area contributed by atoms with Crippen LogP contribution in [-0.4, -0.2) is 63.2 Å². The van der Waals surface area contributed by atoms with Gasteiger partial charge in [-0.3, -0.25) is 4.90 Å². The second-order valence-electron chi connectivity index (χ2n) is 9.80. The molecule has 0 aliphatic carbocycles. The number of para-hydroxylation sites is 2. The van der Waals surface area contributed by atoms with Crippen molar-refractivity contribution in [2.45, 2.75) is 58.2 Å². The molecule has 2 unspecified atom stereocenters. The molecule has 1 aliphatic heterocycles. The molecule has 0 aromatic heterocycles. The second-order valence-corrected chi connectivity index (χ2v) is 9.80. The van der Waals surface area contributed by atoms with Crippen LogP contribution in [0.1, 0.15) is 46.0 Å². The van der Waals surface area contributed by atoms with Crippen LogP contribution in [0.5, 0.6) is 11.5 Å². The second kappa shape index (κ2) is 20.3. The summed E-state index contributed by atoms with van der Waals surface area (Å²) in [6, 6.07) is 19.8. The Kier molecular flexibility index (Phi) is 16.9. The lowest BCUT2D eigenvalue weighted by atomic mass is 9.94. The summed E-state index contributed by atoms with van der Waals surface area (Å²) >= 11 is 0. The van der Waals surface area contributed by atoms with Crippen LogP contribution in [-0.2, 0) is 9.47 Å². The van der Waals surface area contributed by atoms with Crippen molar-refractivity contribution >= 4 is 12.4 Å². The number of ether oxygens (including phenoxy) is 4. The smallest absolute Gasteiger partial charge is 0.119 e. The van der Waals surface area contributed by atoms with Gasteiger partial charge in [-0.25, -0.2) is 0 Å². The average Bonchev–Trinajstić information content (AvgIpc) is 2.94. The maximum atomic E-state index is 5.86. The van der Waals surface area contributed by atoms with Crippen LogP contribution in [0, 0.1) is 29.6 Å². The minimum Gasteiger partial charge on any atom is -0.491 e. The van der Waals surface area contributed by atoms with Gasteiger partial charge in [-0.2, -0.15) is 0 Å². The number of halogens is 1. The molecule has 0 amide bonds. The molecule has 1 heterocycles. The zero-order valence-electron chi connectivity index (χ0n) is 23.5. The molecule has 212 valence electrons. The molecule has 1 saturated heterocycles. The highest BCUT2D eigenvalue weighted by Gasteiger charge is 2.17. The van der Waals surface area contributed by atoms with Crippen molar-refractivity contribution < 1.29 is 18.9 Å². The zero-order chi connectivity index (χ0) is 26.7. The van der Waals surface area contributed by atoms with Crippen LogP contribution in [0.15, 0.2) is 60.7 Å². The number of hydrogen-bond donors (Lipinski definition) is 0. The van der Waals surface area contributed by atoms with Gasteiger partial charge in [0.2, 0.25) is 0 Å². The molecule has 2 atom stereocenters. The lowest BCUT2D eigenvalue weighted by Crippen LogP contribution is -2.33. The summed E-state index contributed by atoms with van der Waals surface area (Å²) in [5.74, 6) is 15.4. The van der Waals surface area contributed by atoms with E-state index in [0.717, 1.165) is 50.4 Å². The number of piperidine rings is 1. The Balaban J connectivity index is 0.00000533. The zero-order valence-corrected chi connectivity index (χ0v) is 24.3. The third-order valence-corrected chi connectivity index (χ3v) is 6.50. The highest BCUT2D eigenvalue weighted by molar-refractivity contribution is 5.85. The van der Waals surface area contributed by atoms with Gasteiger partial charge >= 0.3 is 0 Å². The Labute approximate surface area is 242 Å². The maximum absolute atomic E-state index is 5.86. The van der Waals surface area contributed by atoms with Crippen LogP contribution >= 0.6 is 12.4 Å². The van der Waals surface area contributed by atoms with E-state index >= 15 is 0 Å². The fraction of sp³-hybridized carbons (Fsp3) is 0.515. The van der Waals surface area contributed by atoms with E-state index in [0.29, 0.717) is 32.3 Å². The Hall–Kier alpha value is -2.67. The highest BCUT2D eigenvalue weighted by atomic mass is 35.5. The largest absolute Gasteiger partial charge is 0.491 e. The molecule has 0 radical (unpaired) electrons. The van der Waals surface area contributed by atoms with Gasteiger partial charge in [0.15, 0.2) is 0 Å². The molecule has 1 aliphatic rings. The van der Waals surface area contributed by atoms with E-state index in [-0.39, 0.29) is 24.6 Å². The van der Waals surface area contributed by atoms with Crippen molar-refractivity contribution in [2.75, 3.05) is 46.1 Å². The van der Waals surface area contributed by atoms with E-state index in [1.54, 1.807) is 0 Å². The minimum absolute atomic E-state index is 0. The van der Waals surface area contributed by atoms with Gasteiger partial charge in [0.1, 0.15) is 24.7 Å². The summed E-state index contributed by atoms with van der Waals surface area (Å²) in [6.07, 6.45) is 5.27. The summed E-state index contributed by atoms with van der Waals surface area (Å²) < 4.78 is 23.1. The lowest BCUT2D eigenvalue weighted by Gasteiger charge is -2.29. The molecule has 6 heteroatoms. The normalized spacial score (nSPS) is 15.0. The van der Waals surface area contributed by atoms with Crippen LogP contribution in [0.25, 0.3) is 0 Å². The van der Waals surface area contributed by atoms with Gasteiger partial charge in [0, 0.05) is 19.3 Å². The molecule has 5 nitrogen and oxygen atoms in total. The van der Waals surface area contributed by atoms with Gasteiger partial charge in [-0.05, 0) is 70.0 Å². The van der Waals surface area contributed by atoms with Gasteiger partial charge in [0.25, 0.3) is 0 Å². The van der Waals surface area contributed by atoms with Gasteiger partial charge in [-0.1, -0.05) is 54.2 Å². The number of nitrogens with zero attached hydrogens (tertiary/aromatic N) is 1. The van der Waals surface area contributed by atoms with Crippen LogP contribution in [0.2, 0.25) is 0 Å². The molecule has 0 spiro atoms. The minimum atomic E-state index is 0. The molecule has 2 aromatic carbocycles. The third kappa shape index (κ3) is 14.9. The van der Waals surface area contributed by atoms with E-state index < -0.39 is 0 Å². The average molecular weight is 554 g/mol. The van der Waals surface area contributed by atoms with Crippen LogP contribution in [0.3, 0.4) is 0 Å². The first kappa shape index (κ1) is 32.5. The van der Waals surface area contributed by atoms with Crippen molar-refractivity contribution in [1.29, 1.82) is 0 Å². The number of hydrogen-bond acceptors (Lipinski definition) is 5. The van der Waals surface area contributed by atoms with Crippen molar-refractivity contribution in [2.24, 2.45) is 5.92 Å². The SMILES string of the molecule is CC(CCOCC#CCC1CCN(CC#CCOCCC(C)Oc2ccccc2)CC1)Oc1ccccc1.Cl.